The number of nitrogens with two attached hydrogens (primary N) is 1. The van der Waals surface area contributed by atoms with Crippen LogP contribution in [0.15, 0.2) is 24.3 Å². The van der Waals surface area contributed by atoms with Gasteiger partial charge in [0.1, 0.15) is 5.82 Å². The Morgan fingerprint density at radius 1 is 1.25 bits per heavy atom. The van der Waals surface area contributed by atoms with Crippen molar-refractivity contribution >= 4 is 22.2 Å². The molecule has 0 unspecified atom stereocenters. The molecule has 0 saturated heterocycles. The van der Waals surface area contributed by atoms with E-state index in [4.69, 9.17) is 10.7 Å². The van der Waals surface area contributed by atoms with Crippen LogP contribution in [0.5, 0.6) is 0 Å². The first kappa shape index (κ1) is 14.9. The highest BCUT2D eigenvalue weighted by Crippen LogP contribution is 2.32. The second kappa shape index (κ2) is 6.81. The maximum absolute atomic E-state index is 13.0. The van der Waals surface area contributed by atoms with Crippen molar-refractivity contribution in [2.45, 2.75) is 33.2 Å². The second-order valence-corrected chi connectivity index (χ2v) is 5.60. The van der Waals surface area contributed by atoms with Gasteiger partial charge in [0, 0.05) is 23.7 Å². The molecule has 0 fully saturated rings. The van der Waals surface area contributed by atoms with Crippen molar-refractivity contribution in [2.24, 2.45) is 5.73 Å². The van der Waals surface area contributed by atoms with Gasteiger partial charge in [0.15, 0.2) is 5.13 Å². The molecule has 0 amide bonds. The Labute approximate surface area is 123 Å². The molecule has 3 nitrogen and oxygen atoms in total. The van der Waals surface area contributed by atoms with Crippen molar-refractivity contribution in [3.05, 3.63) is 40.7 Å². The number of halogens is 1. The van der Waals surface area contributed by atoms with Gasteiger partial charge in [-0.3, -0.25) is 0 Å². The van der Waals surface area contributed by atoms with Gasteiger partial charge in [-0.2, -0.15) is 0 Å². The number of aryl methyl sites for hydroxylation is 1. The Hall–Kier alpha value is -1.46. The third kappa shape index (κ3) is 3.16. The lowest BCUT2D eigenvalue weighted by molar-refractivity contribution is 0.628. The average molecular weight is 293 g/mol. The van der Waals surface area contributed by atoms with E-state index in [0.29, 0.717) is 6.54 Å². The van der Waals surface area contributed by atoms with Crippen LogP contribution in [0.4, 0.5) is 15.2 Å². The molecule has 0 radical (unpaired) electrons. The third-order valence-corrected chi connectivity index (χ3v) is 4.27. The first-order valence-corrected chi connectivity index (χ1v) is 7.73. The predicted octanol–water partition coefficient (Wildman–Crippen LogP) is 3.85. The molecule has 5 heteroatoms. The van der Waals surface area contributed by atoms with Crippen molar-refractivity contribution in [1.82, 2.24) is 4.98 Å². The summed E-state index contributed by atoms with van der Waals surface area (Å²) in [7, 11) is 0. The molecule has 1 heterocycles. The third-order valence-electron chi connectivity index (χ3n) is 3.12. The van der Waals surface area contributed by atoms with E-state index in [2.05, 4.69) is 18.7 Å². The fraction of sp³-hybridized carbons (Fsp3) is 0.400. The lowest BCUT2D eigenvalue weighted by Gasteiger charge is -2.19. The van der Waals surface area contributed by atoms with Gasteiger partial charge in [0.05, 0.1) is 5.69 Å². The predicted molar refractivity (Wildman–Crippen MR) is 83.1 cm³/mol. The van der Waals surface area contributed by atoms with Gasteiger partial charge >= 0.3 is 0 Å². The van der Waals surface area contributed by atoms with Crippen LogP contribution >= 0.6 is 11.3 Å². The smallest absolute Gasteiger partial charge is 0.190 e. The number of benzene rings is 1. The van der Waals surface area contributed by atoms with Gasteiger partial charge in [-0.05, 0) is 37.6 Å². The zero-order valence-electron chi connectivity index (χ0n) is 11.9. The van der Waals surface area contributed by atoms with Crippen molar-refractivity contribution in [3.8, 4) is 0 Å². The van der Waals surface area contributed by atoms with Crippen LogP contribution in [0.2, 0.25) is 0 Å². The highest BCUT2D eigenvalue weighted by Gasteiger charge is 2.15. The minimum atomic E-state index is -0.224. The summed E-state index contributed by atoms with van der Waals surface area (Å²) < 4.78 is 13.0. The Balaban J connectivity index is 2.33. The summed E-state index contributed by atoms with van der Waals surface area (Å²) in [4.78, 5) is 7.94. The minimum Gasteiger partial charge on any atom is -0.326 e. The zero-order chi connectivity index (χ0) is 14.5. The first-order valence-electron chi connectivity index (χ1n) is 6.91. The van der Waals surface area contributed by atoms with Gasteiger partial charge in [-0.15, -0.1) is 0 Å². The summed E-state index contributed by atoms with van der Waals surface area (Å²) >= 11 is 1.63. The molecule has 0 saturated carbocycles. The normalized spacial score (nSPS) is 10.8. The molecule has 20 heavy (non-hydrogen) atoms. The molecule has 0 spiro atoms. The molecule has 0 aliphatic heterocycles. The molecule has 1 aromatic carbocycles. The van der Waals surface area contributed by atoms with Crippen LogP contribution in [-0.2, 0) is 13.0 Å². The number of nitrogens with zero attached hydrogens (tertiary/aromatic N) is 2. The van der Waals surface area contributed by atoms with Crippen LogP contribution in [0, 0.1) is 5.82 Å². The maximum atomic E-state index is 13.0. The van der Waals surface area contributed by atoms with E-state index in [9.17, 15) is 4.39 Å². The van der Waals surface area contributed by atoms with Crippen molar-refractivity contribution in [3.63, 3.8) is 0 Å². The van der Waals surface area contributed by atoms with Crippen molar-refractivity contribution in [2.75, 3.05) is 11.4 Å². The molecule has 0 aliphatic rings. The van der Waals surface area contributed by atoms with Crippen molar-refractivity contribution < 1.29 is 4.39 Å². The summed E-state index contributed by atoms with van der Waals surface area (Å²) in [6.45, 7) is 5.51. The molecular weight excluding hydrogens is 273 g/mol. The maximum Gasteiger partial charge on any atom is 0.190 e. The monoisotopic (exact) mass is 293 g/mol. The fourth-order valence-corrected chi connectivity index (χ4v) is 3.20. The molecule has 2 aromatic rings. The fourth-order valence-electron chi connectivity index (χ4n) is 2.13. The number of hydrogen-bond donors (Lipinski definition) is 1. The van der Waals surface area contributed by atoms with E-state index in [0.717, 1.165) is 40.8 Å². The molecule has 108 valence electrons. The Morgan fingerprint density at radius 2 is 1.95 bits per heavy atom. The van der Waals surface area contributed by atoms with E-state index in [1.54, 1.807) is 23.5 Å². The summed E-state index contributed by atoms with van der Waals surface area (Å²) in [5.74, 6) is -0.224. The van der Waals surface area contributed by atoms with E-state index >= 15 is 0 Å². The molecule has 2 N–H and O–H groups in total. The molecule has 1 aromatic heterocycles. The van der Waals surface area contributed by atoms with Gasteiger partial charge in [0.25, 0.3) is 0 Å². The van der Waals surface area contributed by atoms with E-state index < -0.39 is 0 Å². The van der Waals surface area contributed by atoms with E-state index in [1.165, 1.54) is 12.1 Å². The van der Waals surface area contributed by atoms with Crippen LogP contribution in [0.1, 0.15) is 30.8 Å². The second-order valence-electron chi connectivity index (χ2n) is 4.54. The van der Waals surface area contributed by atoms with Gasteiger partial charge in [-0.1, -0.05) is 24.7 Å². The van der Waals surface area contributed by atoms with Gasteiger partial charge in [0.2, 0.25) is 0 Å². The molecule has 0 bridgehead atoms. The topological polar surface area (TPSA) is 42.2 Å². The largest absolute Gasteiger partial charge is 0.326 e. The number of anilines is 2. The Bertz CT molecular complexity index is 551. The van der Waals surface area contributed by atoms with E-state index in [-0.39, 0.29) is 5.82 Å². The number of hydrogen-bond acceptors (Lipinski definition) is 4. The summed E-state index contributed by atoms with van der Waals surface area (Å²) in [6.07, 6.45) is 2.00. The lowest BCUT2D eigenvalue weighted by atomic mass is 10.2. The Morgan fingerprint density at radius 3 is 2.50 bits per heavy atom. The highest BCUT2D eigenvalue weighted by atomic mass is 32.1. The van der Waals surface area contributed by atoms with Gasteiger partial charge < -0.3 is 10.6 Å². The summed E-state index contributed by atoms with van der Waals surface area (Å²) in [5.41, 5.74) is 7.84. The number of aromatic nitrogens is 1. The Kier molecular flexibility index (Phi) is 5.09. The van der Waals surface area contributed by atoms with Crippen LogP contribution in [-0.4, -0.2) is 11.5 Å². The zero-order valence-corrected chi connectivity index (χ0v) is 12.7. The standard InChI is InChI=1S/C15H20FN3S/c1-3-5-13-14(10-17)20-15(18-13)19(4-2)12-8-6-11(16)7-9-12/h6-9H,3-5,10,17H2,1-2H3. The van der Waals surface area contributed by atoms with Crippen molar-refractivity contribution in [1.29, 1.82) is 0 Å². The minimum absolute atomic E-state index is 0.224. The van der Waals surface area contributed by atoms with Gasteiger partial charge in [-0.25, -0.2) is 9.37 Å². The molecule has 0 aliphatic carbocycles. The van der Waals surface area contributed by atoms with Crippen LogP contribution in [0.25, 0.3) is 0 Å². The molecule has 2 rings (SSSR count). The number of thiazole rings is 1. The SMILES string of the molecule is CCCc1nc(N(CC)c2ccc(F)cc2)sc1CN. The lowest BCUT2D eigenvalue weighted by Crippen LogP contribution is -2.15. The van der Waals surface area contributed by atoms with Crippen LogP contribution in [0.3, 0.4) is 0 Å². The number of rotatable bonds is 6. The quantitative estimate of drug-likeness (QED) is 0.879. The highest BCUT2D eigenvalue weighted by molar-refractivity contribution is 7.15. The first-order chi connectivity index (χ1) is 9.69. The summed E-state index contributed by atoms with van der Waals surface area (Å²) in [6, 6.07) is 6.51. The average Bonchev–Trinajstić information content (AvgIpc) is 2.85. The summed E-state index contributed by atoms with van der Waals surface area (Å²) in [5, 5.41) is 0.933. The molecular formula is C15H20FN3S. The molecule has 0 atom stereocenters. The van der Waals surface area contributed by atoms with E-state index in [1.807, 2.05) is 0 Å². The van der Waals surface area contributed by atoms with Crippen LogP contribution < -0.4 is 10.6 Å².